The van der Waals surface area contributed by atoms with Gasteiger partial charge < -0.3 is 19.4 Å². The fraction of sp³-hybridized carbons (Fsp3) is 0.429. The molecule has 4 heterocycles. The van der Waals surface area contributed by atoms with Crippen LogP contribution in [0.15, 0.2) is 48.8 Å². The third-order valence-corrected chi connectivity index (χ3v) is 7.33. The summed E-state index contributed by atoms with van der Waals surface area (Å²) >= 11 is 0. The largest absolute Gasteiger partial charge is 0.347 e. The van der Waals surface area contributed by atoms with E-state index in [1.165, 1.54) is 22.5 Å². The molecule has 1 N–H and O–H groups in total. The Kier molecular flexibility index (Phi) is 6.83. The van der Waals surface area contributed by atoms with Crippen molar-refractivity contribution in [3.63, 3.8) is 0 Å². The molecule has 0 saturated carbocycles. The molecule has 4 aromatic rings. The molecule has 6 rings (SSSR count). The predicted octanol–water partition coefficient (Wildman–Crippen LogP) is 5.78. The van der Waals surface area contributed by atoms with E-state index in [-0.39, 0.29) is 5.54 Å². The quantitative estimate of drug-likeness (QED) is 0.385. The molecule has 4 nitrogen and oxygen atoms in total. The zero-order chi connectivity index (χ0) is 24.6. The smallest absolute Gasteiger partial charge is 0.168 e. The van der Waals surface area contributed by atoms with Crippen molar-refractivity contribution in [1.29, 1.82) is 0 Å². The van der Waals surface area contributed by atoms with Crippen LogP contribution < -0.4 is 5.32 Å². The van der Waals surface area contributed by atoms with Crippen molar-refractivity contribution in [3.8, 4) is 0 Å². The van der Waals surface area contributed by atoms with Crippen LogP contribution in [0.3, 0.4) is 0 Å². The number of nitrogens with one attached hydrogen (secondary N) is 1. The van der Waals surface area contributed by atoms with Gasteiger partial charge in [-0.3, -0.25) is 0 Å². The van der Waals surface area contributed by atoms with E-state index in [1.54, 1.807) is 6.07 Å². The van der Waals surface area contributed by atoms with Gasteiger partial charge in [-0.15, -0.1) is 0 Å². The van der Waals surface area contributed by atoms with Gasteiger partial charge in [0.1, 0.15) is 0 Å². The first-order valence-electron chi connectivity index (χ1n) is 12.0. The molecule has 2 aromatic heterocycles. The number of aromatic nitrogens is 2. The van der Waals surface area contributed by atoms with Crippen molar-refractivity contribution in [2.75, 3.05) is 28.2 Å². The summed E-state index contributed by atoms with van der Waals surface area (Å²) in [4.78, 5) is 2.34. The van der Waals surface area contributed by atoms with E-state index in [2.05, 4.69) is 73.2 Å². The zero-order valence-corrected chi connectivity index (χ0v) is 21.1. The second-order valence-electron chi connectivity index (χ2n) is 10.1. The normalized spacial score (nSPS) is 20.7. The highest BCUT2D eigenvalue weighted by atomic mass is 19.2. The average molecular weight is 467 g/mol. The van der Waals surface area contributed by atoms with Crippen molar-refractivity contribution in [2.24, 2.45) is 0 Å². The predicted molar refractivity (Wildman–Crippen MR) is 138 cm³/mol. The highest BCUT2D eigenvalue weighted by molar-refractivity contribution is 5.85. The van der Waals surface area contributed by atoms with Crippen molar-refractivity contribution < 1.29 is 8.78 Å². The number of hydrogen-bond donors (Lipinski definition) is 1. The maximum Gasteiger partial charge on any atom is 0.168 e. The van der Waals surface area contributed by atoms with Crippen LogP contribution >= 0.6 is 0 Å². The monoisotopic (exact) mass is 466 g/mol. The minimum absolute atomic E-state index is 0.236. The van der Waals surface area contributed by atoms with Crippen LogP contribution in [0.2, 0.25) is 0 Å². The van der Waals surface area contributed by atoms with Crippen molar-refractivity contribution in [2.45, 2.75) is 51.2 Å². The van der Waals surface area contributed by atoms with E-state index in [0.717, 1.165) is 37.0 Å². The van der Waals surface area contributed by atoms with E-state index in [4.69, 9.17) is 0 Å². The minimum atomic E-state index is -0.732. The molecule has 0 fully saturated rings. The molecule has 2 aromatic carbocycles. The van der Waals surface area contributed by atoms with Crippen LogP contribution in [-0.4, -0.2) is 47.8 Å². The summed E-state index contributed by atoms with van der Waals surface area (Å²) in [5.41, 5.74) is 4.94. The van der Waals surface area contributed by atoms with Crippen LogP contribution in [0, 0.1) is 11.6 Å². The first-order chi connectivity index (χ1) is 16.2. The standard InChI is InChI=1S/C14H18N2.C12H11F2N.C2H7N/c1-14(15(2)3)9-12-6-4-5-11-7-8-16(10-14)13(11)12;1-7-2-4-15-5-3-8-11(14)10(13)6-9(7)12(8)15;1-3-2/h4-8H,9-10H2,1-3H3;3,5-7H,2,4H2,1H3;3H,1-2H3. The van der Waals surface area contributed by atoms with Gasteiger partial charge in [-0.1, -0.05) is 25.1 Å². The maximum absolute atomic E-state index is 13.5. The molecule has 0 saturated heterocycles. The molecule has 34 heavy (non-hydrogen) atoms. The van der Waals surface area contributed by atoms with E-state index in [9.17, 15) is 8.78 Å². The van der Waals surface area contributed by atoms with Gasteiger partial charge in [0.15, 0.2) is 11.6 Å². The highest BCUT2D eigenvalue weighted by Gasteiger charge is 2.32. The molecule has 182 valence electrons. The maximum atomic E-state index is 13.5. The average Bonchev–Trinajstić information content (AvgIpc) is 3.41. The lowest BCUT2D eigenvalue weighted by molar-refractivity contribution is 0.144. The van der Waals surface area contributed by atoms with Gasteiger partial charge in [0.05, 0.1) is 11.0 Å². The molecule has 0 aliphatic carbocycles. The number of benzene rings is 2. The van der Waals surface area contributed by atoms with Crippen LogP contribution in [0.5, 0.6) is 0 Å². The summed E-state index contributed by atoms with van der Waals surface area (Å²) in [5, 5.41) is 4.54. The van der Waals surface area contributed by atoms with Gasteiger partial charge in [-0.25, -0.2) is 8.78 Å². The summed E-state index contributed by atoms with van der Waals surface area (Å²) in [6, 6.07) is 11.9. The third-order valence-electron chi connectivity index (χ3n) is 7.33. The van der Waals surface area contributed by atoms with E-state index in [0.29, 0.717) is 11.3 Å². The van der Waals surface area contributed by atoms with Gasteiger partial charge in [0, 0.05) is 36.4 Å². The number of rotatable bonds is 1. The minimum Gasteiger partial charge on any atom is -0.347 e. The first kappa shape index (κ1) is 24.4. The summed E-state index contributed by atoms with van der Waals surface area (Å²) in [7, 11) is 8.10. The van der Waals surface area contributed by atoms with Crippen molar-refractivity contribution >= 4 is 21.8 Å². The molecule has 0 bridgehead atoms. The summed E-state index contributed by atoms with van der Waals surface area (Å²) in [5.74, 6) is -1.14. The Morgan fingerprint density at radius 1 is 1.03 bits per heavy atom. The van der Waals surface area contributed by atoms with Crippen LogP contribution in [-0.2, 0) is 19.5 Å². The number of halogens is 2. The van der Waals surface area contributed by atoms with Crippen LogP contribution in [0.4, 0.5) is 8.78 Å². The number of aryl methyl sites for hydroxylation is 1. The number of nitrogens with zero attached hydrogens (tertiary/aromatic N) is 3. The fourth-order valence-electron chi connectivity index (χ4n) is 5.17. The lowest BCUT2D eigenvalue weighted by Crippen LogP contribution is -2.48. The lowest BCUT2D eigenvalue weighted by Gasteiger charge is -2.40. The van der Waals surface area contributed by atoms with Crippen molar-refractivity contribution in [1.82, 2.24) is 19.4 Å². The topological polar surface area (TPSA) is 25.1 Å². The second-order valence-corrected chi connectivity index (χ2v) is 10.1. The molecular formula is C28H36F2N4. The van der Waals surface area contributed by atoms with E-state index >= 15 is 0 Å². The fourth-order valence-corrected chi connectivity index (χ4v) is 5.17. The Balaban J connectivity index is 0.000000145. The molecule has 0 radical (unpaired) electrons. The molecule has 2 aliphatic rings. The van der Waals surface area contributed by atoms with Gasteiger partial charge >= 0.3 is 0 Å². The Morgan fingerprint density at radius 2 is 1.74 bits per heavy atom. The Bertz CT molecular complexity index is 1300. The van der Waals surface area contributed by atoms with E-state index < -0.39 is 11.6 Å². The molecule has 0 spiro atoms. The summed E-state index contributed by atoms with van der Waals surface area (Å²) in [6.45, 7) is 6.38. The van der Waals surface area contributed by atoms with Gasteiger partial charge in [-0.05, 0) is 88.6 Å². The van der Waals surface area contributed by atoms with Gasteiger partial charge in [0.2, 0.25) is 0 Å². The highest BCUT2D eigenvalue weighted by Crippen LogP contribution is 2.36. The molecule has 2 aliphatic heterocycles. The summed E-state index contributed by atoms with van der Waals surface area (Å²) in [6.07, 6.45) is 6.18. The Labute approximate surface area is 201 Å². The zero-order valence-electron chi connectivity index (χ0n) is 21.1. The Morgan fingerprint density at radius 3 is 2.44 bits per heavy atom. The number of para-hydroxylation sites is 1. The molecule has 6 heteroatoms. The van der Waals surface area contributed by atoms with E-state index in [1.807, 2.05) is 24.9 Å². The first-order valence-corrected chi connectivity index (χ1v) is 12.0. The molecule has 2 atom stereocenters. The molecular weight excluding hydrogens is 430 g/mol. The van der Waals surface area contributed by atoms with Gasteiger partial charge in [0.25, 0.3) is 0 Å². The molecule has 2 unspecified atom stereocenters. The molecule has 0 amide bonds. The third kappa shape index (κ3) is 4.25. The number of likely N-dealkylation sites (N-methyl/N-ethyl adjacent to an activating group) is 1. The van der Waals surface area contributed by atoms with Crippen LogP contribution in [0.1, 0.15) is 37.3 Å². The van der Waals surface area contributed by atoms with Gasteiger partial charge in [-0.2, -0.15) is 0 Å². The number of hydrogen-bond acceptors (Lipinski definition) is 2. The summed E-state index contributed by atoms with van der Waals surface area (Å²) < 4.78 is 31.2. The second kappa shape index (κ2) is 9.51. The SMILES string of the molecule is CC1CCn2ccc3c(F)c(F)cc1c32.CN(C)C1(C)Cc2cccc3ccn(c23)C1.CNC. The van der Waals surface area contributed by atoms with Crippen LogP contribution in [0.25, 0.3) is 21.8 Å². The Hall–Kier alpha value is -2.70. The lowest BCUT2D eigenvalue weighted by atomic mass is 9.88. The van der Waals surface area contributed by atoms with Crippen molar-refractivity contribution in [3.05, 3.63) is 71.6 Å².